The van der Waals surface area contributed by atoms with Crippen LogP contribution in [0.4, 0.5) is 0 Å². The van der Waals surface area contributed by atoms with Gasteiger partial charge in [-0.2, -0.15) is 0 Å². The van der Waals surface area contributed by atoms with Gasteiger partial charge in [-0.15, -0.1) is 0 Å². The van der Waals surface area contributed by atoms with Crippen LogP contribution in [0.2, 0.25) is 10.4 Å². The molecule has 1 aromatic rings. The molecule has 0 saturated carbocycles. The Bertz CT molecular complexity index is 389. The van der Waals surface area contributed by atoms with Gasteiger partial charge in [0.15, 0.2) is 0 Å². The van der Waals surface area contributed by atoms with E-state index in [0.717, 1.165) is 38.0 Å². The fraction of sp³-hybridized carbons (Fsp3) is 0.636. The van der Waals surface area contributed by atoms with Gasteiger partial charge in [0, 0.05) is 32.0 Å². The van der Waals surface area contributed by atoms with Crippen molar-refractivity contribution in [3.63, 3.8) is 0 Å². The van der Waals surface area contributed by atoms with Gasteiger partial charge in [0.2, 0.25) is 5.28 Å². The van der Waals surface area contributed by atoms with Crippen molar-refractivity contribution in [2.24, 2.45) is 0 Å². The number of hydrogen-bond acceptors (Lipinski definition) is 4. The number of hydrogen-bond donors (Lipinski definition) is 0. The molecule has 1 saturated heterocycles. The fourth-order valence-electron chi connectivity index (χ4n) is 2.06. The van der Waals surface area contributed by atoms with Gasteiger partial charge in [0.1, 0.15) is 5.15 Å². The van der Waals surface area contributed by atoms with Crippen molar-refractivity contribution in [1.29, 1.82) is 0 Å². The van der Waals surface area contributed by atoms with E-state index in [2.05, 4.69) is 14.9 Å². The summed E-state index contributed by atoms with van der Waals surface area (Å²) in [6.07, 6.45) is 4.27. The first-order chi connectivity index (χ1) is 8.19. The average molecular weight is 276 g/mol. The number of rotatable bonds is 3. The van der Waals surface area contributed by atoms with Crippen LogP contribution in [0.3, 0.4) is 0 Å². The lowest BCUT2D eigenvalue weighted by Crippen LogP contribution is -2.38. The first kappa shape index (κ1) is 13.0. The monoisotopic (exact) mass is 275 g/mol. The second-order valence-corrected chi connectivity index (χ2v) is 4.89. The van der Waals surface area contributed by atoms with Crippen molar-refractivity contribution in [3.8, 4) is 0 Å². The van der Waals surface area contributed by atoms with E-state index in [-0.39, 0.29) is 5.28 Å². The van der Waals surface area contributed by atoms with Crippen LogP contribution in [-0.4, -0.2) is 41.2 Å². The number of nitrogens with zero attached hydrogens (tertiary/aromatic N) is 3. The lowest BCUT2D eigenvalue weighted by molar-refractivity contribution is 0.0285. The molecule has 17 heavy (non-hydrogen) atoms. The van der Waals surface area contributed by atoms with Gasteiger partial charge in [-0.25, -0.2) is 9.97 Å². The molecule has 94 valence electrons. The highest BCUT2D eigenvalue weighted by Gasteiger charge is 2.20. The van der Waals surface area contributed by atoms with Crippen molar-refractivity contribution in [2.45, 2.75) is 25.5 Å². The van der Waals surface area contributed by atoms with Gasteiger partial charge < -0.3 is 4.74 Å². The van der Waals surface area contributed by atoms with E-state index in [9.17, 15) is 0 Å². The number of aromatic nitrogens is 2. The molecule has 1 atom stereocenters. The van der Waals surface area contributed by atoms with Crippen LogP contribution in [0.5, 0.6) is 0 Å². The maximum absolute atomic E-state index is 6.03. The Balaban J connectivity index is 2.00. The molecule has 0 aromatic carbocycles. The first-order valence-corrected chi connectivity index (χ1v) is 6.36. The normalized spacial score (nSPS) is 21.7. The van der Waals surface area contributed by atoms with Gasteiger partial charge in [0.05, 0.1) is 6.10 Å². The third kappa shape index (κ3) is 3.52. The molecule has 2 heterocycles. The Kier molecular flexibility index (Phi) is 4.56. The zero-order chi connectivity index (χ0) is 12.3. The molecule has 6 heteroatoms. The molecule has 0 aliphatic carbocycles. The summed E-state index contributed by atoms with van der Waals surface area (Å²) in [7, 11) is 1.76. The van der Waals surface area contributed by atoms with Crippen molar-refractivity contribution < 1.29 is 4.74 Å². The van der Waals surface area contributed by atoms with Crippen LogP contribution >= 0.6 is 23.2 Å². The van der Waals surface area contributed by atoms with E-state index >= 15 is 0 Å². The first-order valence-electron chi connectivity index (χ1n) is 5.61. The molecule has 1 fully saturated rings. The lowest BCUT2D eigenvalue weighted by Gasteiger charge is -2.31. The number of piperidine rings is 1. The van der Waals surface area contributed by atoms with Crippen molar-refractivity contribution in [3.05, 3.63) is 22.2 Å². The van der Waals surface area contributed by atoms with Gasteiger partial charge in [-0.3, -0.25) is 4.90 Å². The Morgan fingerprint density at radius 3 is 3.06 bits per heavy atom. The third-order valence-electron chi connectivity index (χ3n) is 2.97. The Morgan fingerprint density at radius 2 is 2.35 bits per heavy atom. The van der Waals surface area contributed by atoms with Crippen LogP contribution < -0.4 is 0 Å². The summed E-state index contributed by atoms with van der Waals surface area (Å²) in [5.41, 5.74) is 0.910. The summed E-state index contributed by atoms with van der Waals surface area (Å²) < 4.78 is 5.38. The van der Waals surface area contributed by atoms with E-state index in [1.54, 1.807) is 13.3 Å². The molecule has 1 aliphatic rings. The minimum Gasteiger partial charge on any atom is -0.380 e. The Hall–Kier alpha value is -0.420. The zero-order valence-corrected chi connectivity index (χ0v) is 11.2. The molecular weight excluding hydrogens is 261 g/mol. The standard InChI is InChI=1S/C11H15Cl2N3O/c1-17-9-3-2-4-16(7-9)6-8-5-14-11(13)15-10(8)12/h5,9H,2-4,6-7H2,1H3/t9-/m1/s1. The number of halogens is 2. The van der Waals surface area contributed by atoms with Gasteiger partial charge in [0.25, 0.3) is 0 Å². The molecule has 0 bridgehead atoms. The highest BCUT2D eigenvalue weighted by atomic mass is 35.5. The second-order valence-electron chi connectivity index (χ2n) is 4.19. The fourth-order valence-corrected chi connectivity index (χ4v) is 2.43. The summed E-state index contributed by atoms with van der Waals surface area (Å²) in [6.45, 7) is 2.73. The SMILES string of the molecule is CO[C@@H]1CCCN(Cc2cnc(Cl)nc2Cl)C1. The molecule has 2 rings (SSSR count). The summed E-state index contributed by atoms with van der Waals surface area (Å²) >= 11 is 11.7. The minimum atomic E-state index is 0.187. The predicted molar refractivity (Wildman–Crippen MR) is 67.4 cm³/mol. The van der Waals surface area contributed by atoms with Gasteiger partial charge in [-0.05, 0) is 31.0 Å². The number of methoxy groups -OCH3 is 1. The minimum absolute atomic E-state index is 0.187. The van der Waals surface area contributed by atoms with Crippen LogP contribution in [0.15, 0.2) is 6.20 Å². The molecule has 0 amide bonds. The molecular formula is C11H15Cl2N3O. The average Bonchev–Trinajstić information content (AvgIpc) is 2.33. The van der Waals surface area contributed by atoms with Crippen LogP contribution in [0.1, 0.15) is 18.4 Å². The highest BCUT2D eigenvalue weighted by molar-refractivity contribution is 6.32. The van der Waals surface area contributed by atoms with Crippen LogP contribution in [-0.2, 0) is 11.3 Å². The quantitative estimate of drug-likeness (QED) is 0.627. The maximum Gasteiger partial charge on any atom is 0.223 e. The van der Waals surface area contributed by atoms with E-state index in [0.29, 0.717) is 11.3 Å². The molecule has 0 radical (unpaired) electrons. The molecule has 0 unspecified atom stereocenters. The highest BCUT2D eigenvalue weighted by Crippen LogP contribution is 2.19. The van der Waals surface area contributed by atoms with E-state index in [4.69, 9.17) is 27.9 Å². The van der Waals surface area contributed by atoms with Gasteiger partial charge >= 0.3 is 0 Å². The molecule has 1 aromatic heterocycles. The summed E-state index contributed by atoms with van der Waals surface area (Å²) in [5.74, 6) is 0. The summed E-state index contributed by atoms with van der Waals surface area (Å²) in [4.78, 5) is 10.2. The lowest BCUT2D eigenvalue weighted by atomic mass is 10.1. The molecule has 4 nitrogen and oxygen atoms in total. The summed E-state index contributed by atoms with van der Waals surface area (Å²) in [6, 6.07) is 0. The largest absolute Gasteiger partial charge is 0.380 e. The number of ether oxygens (including phenoxy) is 1. The zero-order valence-electron chi connectivity index (χ0n) is 9.70. The topological polar surface area (TPSA) is 38.2 Å². The van der Waals surface area contributed by atoms with Gasteiger partial charge in [-0.1, -0.05) is 11.6 Å². The van der Waals surface area contributed by atoms with Crippen molar-refractivity contribution in [1.82, 2.24) is 14.9 Å². The van der Waals surface area contributed by atoms with E-state index in [1.807, 2.05) is 0 Å². The molecule has 1 aliphatic heterocycles. The molecule has 0 spiro atoms. The predicted octanol–water partition coefficient (Wildman–Crippen LogP) is 2.39. The summed E-state index contributed by atoms with van der Waals surface area (Å²) in [5, 5.41) is 0.622. The Morgan fingerprint density at radius 1 is 1.53 bits per heavy atom. The van der Waals surface area contributed by atoms with Crippen LogP contribution in [0.25, 0.3) is 0 Å². The second kappa shape index (κ2) is 5.96. The van der Waals surface area contributed by atoms with Crippen LogP contribution in [0, 0.1) is 0 Å². The van der Waals surface area contributed by atoms with E-state index in [1.165, 1.54) is 0 Å². The maximum atomic E-state index is 6.03. The van der Waals surface area contributed by atoms with Crippen molar-refractivity contribution >= 4 is 23.2 Å². The number of likely N-dealkylation sites (tertiary alicyclic amines) is 1. The van der Waals surface area contributed by atoms with E-state index < -0.39 is 0 Å². The smallest absolute Gasteiger partial charge is 0.223 e. The Labute approximate surface area is 111 Å². The third-order valence-corrected chi connectivity index (χ3v) is 3.48. The van der Waals surface area contributed by atoms with Crippen molar-refractivity contribution in [2.75, 3.05) is 20.2 Å². The molecule has 0 N–H and O–H groups in total.